The van der Waals surface area contributed by atoms with Crippen LogP contribution in [-0.4, -0.2) is 30.3 Å². The second-order valence-corrected chi connectivity index (χ2v) is 11.9. The minimum Gasteiger partial charge on any atom is -0.490 e. The summed E-state index contributed by atoms with van der Waals surface area (Å²) in [6.45, 7) is 7.88. The molecule has 0 aliphatic rings. The molecule has 2 aromatic carbocycles. The maximum absolute atomic E-state index is 14.5. The minimum atomic E-state index is -0.413. The van der Waals surface area contributed by atoms with Crippen LogP contribution in [0.3, 0.4) is 0 Å². The first kappa shape index (κ1) is 28.0. The summed E-state index contributed by atoms with van der Waals surface area (Å²) in [6, 6.07) is 13.6. The van der Waals surface area contributed by atoms with Gasteiger partial charge >= 0.3 is 0 Å². The first-order chi connectivity index (χ1) is 20.2. The van der Waals surface area contributed by atoms with Crippen molar-refractivity contribution < 1.29 is 9.13 Å². The highest BCUT2D eigenvalue weighted by molar-refractivity contribution is 7.27. The van der Waals surface area contributed by atoms with Crippen LogP contribution in [0.5, 0.6) is 5.75 Å². The fourth-order valence-electron chi connectivity index (χ4n) is 5.42. The maximum atomic E-state index is 14.5. The molecule has 0 radical (unpaired) electrons. The van der Waals surface area contributed by atoms with Crippen molar-refractivity contribution in [3.8, 4) is 28.1 Å². The molecule has 1 unspecified atom stereocenters. The number of anilines is 1. The molecule has 8 nitrogen and oxygen atoms in total. The number of pyridine rings is 1. The number of nitrogen functional groups attached to an aromatic ring is 1. The lowest BCUT2D eigenvalue weighted by Crippen LogP contribution is -2.22. The molecule has 0 saturated heterocycles. The Morgan fingerprint density at radius 2 is 1.93 bits per heavy atom. The van der Waals surface area contributed by atoms with E-state index in [2.05, 4.69) is 19.2 Å². The highest BCUT2D eigenvalue weighted by atomic mass is 32.1. The summed E-state index contributed by atoms with van der Waals surface area (Å²) >= 11 is 1.49. The molecule has 0 aliphatic carbocycles. The number of fused-ring (bicyclic) bond motifs is 2. The number of ether oxygens (including phenoxy) is 1. The van der Waals surface area contributed by atoms with Crippen LogP contribution in [0.15, 0.2) is 65.0 Å². The summed E-state index contributed by atoms with van der Waals surface area (Å²) in [4.78, 5) is 23.7. The third kappa shape index (κ3) is 4.74. The first-order valence-electron chi connectivity index (χ1n) is 13.6. The third-order valence-corrected chi connectivity index (χ3v) is 8.68. The van der Waals surface area contributed by atoms with E-state index in [0.717, 1.165) is 32.7 Å². The van der Waals surface area contributed by atoms with Gasteiger partial charge in [-0.05, 0) is 74.7 Å². The molecule has 6 aromatic rings. The Kier molecular flexibility index (Phi) is 7.29. The molecule has 214 valence electrons. The average Bonchev–Trinajstić information content (AvgIpc) is 3.52. The quantitative estimate of drug-likeness (QED) is 0.221. The van der Waals surface area contributed by atoms with E-state index in [1.807, 2.05) is 62.0 Å². The largest absolute Gasteiger partial charge is 0.490 e. The van der Waals surface area contributed by atoms with Crippen LogP contribution in [-0.2, 0) is 0 Å². The van der Waals surface area contributed by atoms with Crippen LogP contribution in [0.25, 0.3) is 38.2 Å². The van der Waals surface area contributed by atoms with Crippen LogP contribution in [0, 0.1) is 12.7 Å². The molecule has 0 amide bonds. The van der Waals surface area contributed by atoms with Crippen LogP contribution < -0.4 is 21.3 Å². The van der Waals surface area contributed by atoms with Gasteiger partial charge in [0.15, 0.2) is 5.65 Å². The zero-order valence-electron chi connectivity index (χ0n) is 23.6. The Bertz CT molecular complexity index is 2030. The predicted octanol–water partition coefficient (Wildman–Crippen LogP) is 6.15. The van der Waals surface area contributed by atoms with Gasteiger partial charge in [-0.1, -0.05) is 19.1 Å². The average molecular weight is 601 g/mol. The number of halogens is 1. The van der Waals surface area contributed by atoms with Crippen LogP contribution in [0.4, 0.5) is 10.2 Å². The first-order valence-corrected chi connectivity index (χ1v) is 15.1. The molecule has 6 rings (SSSR count). The molecule has 42 heavy (non-hydrogen) atoms. The fourth-order valence-corrected chi connectivity index (χ4v) is 6.69. The van der Waals surface area contributed by atoms with Gasteiger partial charge in [-0.15, -0.1) is 20.6 Å². The van der Waals surface area contributed by atoms with Gasteiger partial charge in [0.25, 0.3) is 5.56 Å². The summed E-state index contributed by atoms with van der Waals surface area (Å²) in [7, 11) is 2.72. The number of nitrogens with zero attached hydrogens (tertiary/aromatic N) is 5. The predicted molar refractivity (Wildman–Crippen MR) is 170 cm³/mol. The lowest BCUT2D eigenvalue weighted by Gasteiger charge is -2.21. The van der Waals surface area contributed by atoms with Gasteiger partial charge in [0, 0.05) is 21.9 Å². The molecule has 2 atom stereocenters. The molecule has 2 N–H and O–H groups in total. The molecule has 0 saturated carbocycles. The molecule has 0 spiro atoms. The number of aryl methyl sites for hydroxylation is 1. The number of hydrogen-bond acceptors (Lipinski definition) is 7. The van der Waals surface area contributed by atoms with E-state index in [0.29, 0.717) is 40.1 Å². The zero-order chi connectivity index (χ0) is 29.7. The Labute approximate surface area is 248 Å². The number of hydrogen-bond donors (Lipinski definition) is 1. The van der Waals surface area contributed by atoms with E-state index in [4.69, 9.17) is 15.6 Å². The second-order valence-electron chi connectivity index (χ2n) is 10.4. The topological polar surface area (TPSA) is 100 Å². The molecule has 0 fully saturated rings. The van der Waals surface area contributed by atoms with Crippen molar-refractivity contribution in [1.82, 2.24) is 24.1 Å². The Balaban J connectivity index is 1.61. The number of aromatic nitrogens is 5. The number of nitrogens with two attached hydrogens (primary N) is 1. The van der Waals surface area contributed by atoms with Crippen LogP contribution in [0.2, 0.25) is 0 Å². The van der Waals surface area contributed by atoms with E-state index in [1.54, 1.807) is 16.5 Å². The van der Waals surface area contributed by atoms with Gasteiger partial charge in [-0.3, -0.25) is 9.20 Å². The lowest BCUT2D eigenvalue weighted by molar-refractivity contribution is 0.244. The summed E-state index contributed by atoms with van der Waals surface area (Å²) in [5, 5.41) is 8.52. The van der Waals surface area contributed by atoms with Gasteiger partial charge in [0.05, 0.1) is 23.1 Å². The minimum absolute atomic E-state index is 0.0328. The smallest absolute Gasteiger partial charge is 0.264 e. The molecule has 0 aliphatic heterocycles. The Hall–Kier alpha value is -4.14. The van der Waals surface area contributed by atoms with Crippen molar-refractivity contribution in [3.63, 3.8) is 0 Å². The number of thiazole rings is 1. The van der Waals surface area contributed by atoms with Gasteiger partial charge in [-0.2, -0.15) is 5.10 Å². The molecular formula is C31H30FN6O2PS. The van der Waals surface area contributed by atoms with Crippen molar-refractivity contribution in [1.29, 1.82) is 0 Å². The van der Waals surface area contributed by atoms with Crippen LogP contribution >= 0.6 is 20.6 Å². The highest BCUT2D eigenvalue weighted by Crippen LogP contribution is 2.38. The second kappa shape index (κ2) is 10.9. The fraction of sp³-hybridized carbons (Fsp3) is 0.226. The van der Waals surface area contributed by atoms with Crippen molar-refractivity contribution in [2.45, 2.75) is 46.3 Å². The maximum Gasteiger partial charge on any atom is 0.264 e. The van der Waals surface area contributed by atoms with E-state index < -0.39 is 11.9 Å². The van der Waals surface area contributed by atoms with Crippen molar-refractivity contribution in [2.24, 2.45) is 0 Å². The van der Waals surface area contributed by atoms with Gasteiger partial charge in [0.1, 0.15) is 34.2 Å². The monoisotopic (exact) mass is 600 g/mol. The summed E-state index contributed by atoms with van der Waals surface area (Å²) in [6.07, 6.45) is 2.03. The third-order valence-electron chi connectivity index (χ3n) is 7.23. The van der Waals surface area contributed by atoms with E-state index in [9.17, 15) is 9.18 Å². The van der Waals surface area contributed by atoms with E-state index in [1.165, 1.54) is 29.8 Å². The molecule has 0 bridgehead atoms. The van der Waals surface area contributed by atoms with Crippen molar-refractivity contribution in [2.75, 3.05) is 5.73 Å². The summed E-state index contributed by atoms with van der Waals surface area (Å²) < 4.78 is 23.9. The van der Waals surface area contributed by atoms with Crippen molar-refractivity contribution >= 4 is 47.6 Å². The Morgan fingerprint density at radius 3 is 2.64 bits per heavy atom. The molecular weight excluding hydrogens is 570 g/mol. The number of benzene rings is 2. The van der Waals surface area contributed by atoms with Crippen LogP contribution in [0.1, 0.15) is 44.5 Å². The van der Waals surface area contributed by atoms with E-state index in [-0.39, 0.29) is 11.7 Å². The molecule has 11 heteroatoms. The SMILES string of the molecule is CC[C@@H](c1cc2scc(C)n2c(=O)c1-c1cccc(F)c1)n1nc(-c2ccc(OC(C)C)c(P)c2)c2c(N)ncnc21. The lowest BCUT2D eigenvalue weighted by atomic mass is 9.95. The van der Waals surface area contributed by atoms with Gasteiger partial charge in [-0.25, -0.2) is 19.0 Å². The normalized spacial score (nSPS) is 12.5. The molecule has 4 heterocycles. The number of rotatable bonds is 7. The van der Waals surface area contributed by atoms with Gasteiger partial charge < -0.3 is 10.5 Å². The van der Waals surface area contributed by atoms with Gasteiger partial charge in [0.2, 0.25) is 0 Å². The zero-order valence-corrected chi connectivity index (χ0v) is 25.6. The molecule has 4 aromatic heterocycles. The Morgan fingerprint density at radius 1 is 1.12 bits per heavy atom. The summed E-state index contributed by atoms with van der Waals surface area (Å²) in [5.74, 6) is 0.653. The standard InChI is InChI=1S/C31H30FN6O2PS/c1-5-22(21-13-25-37(17(4)14-42-25)31(39)26(21)18-7-6-8-20(32)11-18)38-30-27(29(33)34-15-35-30)28(36-38)19-9-10-23(24(41)12-19)40-16(2)3/h6-16,22H,5,41H2,1-4H3,(H2,33,34,35)/t22-/m0/s1. The van der Waals surface area contributed by atoms with Crippen molar-refractivity contribution in [3.05, 3.63) is 87.7 Å². The summed E-state index contributed by atoms with van der Waals surface area (Å²) in [5.41, 5.74) is 10.7. The highest BCUT2D eigenvalue weighted by Gasteiger charge is 2.27. The van der Waals surface area contributed by atoms with E-state index >= 15 is 0 Å².